The van der Waals surface area contributed by atoms with Crippen molar-refractivity contribution in [1.82, 2.24) is 24.6 Å². The number of benzene rings is 2. The number of anilines is 1. The van der Waals surface area contributed by atoms with Gasteiger partial charge in [-0.2, -0.15) is 5.10 Å². The highest BCUT2D eigenvalue weighted by Crippen LogP contribution is 2.29. The second kappa shape index (κ2) is 10.1. The fourth-order valence-electron chi connectivity index (χ4n) is 5.09. The molecule has 1 unspecified atom stereocenters. The molecule has 36 heavy (non-hydrogen) atoms. The average molecular weight is 491 g/mol. The molecule has 5 rings (SSSR count). The molecule has 1 fully saturated rings. The quantitative estimate of drug-likeness (QED) is 0.403. The van der Waals surface area contributed by atoms with Crippen LogP contribution in [0.4, 0.5) is 10.1 Å². The second-order valence-electron chi connectivity index (χ2n) is 9.32. The van der Waals surface area contributed by atoms with E-state index in [1.807, 2.05) is 47.9 Å². The molecule has 9 heteroatoms. The molecule has 1 atom stereocenters. The molecule has 1 aliphatic heterocycles. The first-order chi connectivity index (χ1) is 17.5. The van der Waals surface area contributed by atoms with Crippen molar-refractivity contribution in [2.24, 2.45) is 7.05 Å². The van der Waals surface area contributed by atoms with E-state index in [0.717, 1.165) is 55.4 Å². The van der Waals surface area contributed by atoms with Crippen molar-refractivity contribution in [3.63, 3.8) is 0 Å². The first-order valence-corrected chi connectivity index (χ1v) is 12.4. The zero-order valence-corrected chi connectivity index (χ0v) is 20.7. The monoisotopic (exact) mass is 490 g/mol. The number of nitrogens with zero attached hydrogens (tertiary/aromatic N) is 5. The van der Waals surface area contributed by atoms with Crippen LogP contribution in [0, 0.1) is 5.82 Å². The second-order valence-corrected chi connectivity index (χ2v) is 9.32. The zero-order chi connectivity index (χ0) is 25.2. The highest BCUT2D eigenvalue weighted by atomic mass is 19.1. The van der Waals surface area contributed by atoms with Gasteiger partial charge in [0.25, 0.3) is 5.56 Å². The molecule has 4 aromatic rings. The Bertz CT molecular complexity index is 1450. The number of fused-ring (bicyclic) bond motifs is 3. The summed E-state index contributed by atoms with van der Waals surface area (Å²) in [5.41, 5.74) is 1.77. The Hall–Kier alpha value is -3.72. The topological polar surface area (TPSA) is 75.4 Å². The van der Waals surface area contributed by atoms with E-state index in [9.17, 15) is 14.0 Å². The van der Waals surface area contributed by atoms with Crippen molar-refractivity contribution in [3.8, 4) is 0 Å². The predicted octanol–water partition coefficient (Wildman–Crippen LogP) is 2.92. The number of nitrogens with one attached hydrogen (secondary N) is 1. The van der Waals surface area contributed by atoms with Gasteiger partial charge in [-0.1, -0.05) is 30.3 Å². The number of rotatable bonds is 7. The minimum atomic E-state index is -0.549. The molecule has 1 aliphatic rings. The lowest BCUT2D eigenvalue weighted by molar-refractivity contribution is -0.123. The van der Waals surface area contributed by atoms with E-state index >= 15 is 0 Å². The molecule has 0 radical (unpaired) electrons. The Morgan fingerprint density at radius 3 is 2.56 bits per heavy atom. The largest absolute Gasteiger partial charge is 0.367 e. The van der Waals surface area contributed by atoms with Gasteiger partial charge < -0.3 is 14.8 Å². The molecular weight excluding hydrogens is 459 g/mol. The minimum absolute atomic E-state index is 0.124. The molecule has 8 nitrogen and oxygen atoms in total. The van der Waals surface area contributed by atoms with Crippen LogP contribution in [0.5, 0.6) is 0 Å². The first kappa shape index (κ1) is 24.0. The molecule has 3 heterocycles. The number of para-hydroxylation sites is 2. The Morgan fingerprint density at radius 1 is 1.06 bits per heavy atom. The number of hydrogen-bond acceptors (Lipinski definition) is 5. The standard InChI is InChI=1S/C27H31FN6O2/c1-19(34-23-10-5-3-8-20(23)21-18-30-31(2)27(36)25(21)34)26(35)29-12-7-13-32-14-16-33(17-15-32)24-11-6-4-9-22(24)28/h3-6,8-11,18-19H,7,12-17H2,1-2H3,(H,29,35). The van der Waals surface area contributed by atoms with Crippen molar-refractivity contribution >= 4 is 33.4 Å². The van der Waals surface area contributed by atoms with E-state index in [0.29, 0.717) is 17.7 Å². The maximum absolute atomic E-state index is 14.1. The van der Waals surface area contributed by atoms with Crippen LogP contribution in [0.1, 0.15) is 19.4 Å². The maximum atomic E-state index is 14.1. The van der Waals surface area contributed by atoms with Gasteiger partial charge in [0.15, 0.2) is 0 Å². The van der Waals surface area contributed by atoms with Crippen LogP contribution in [0.3, 0.4) is 0 Å². The third-order valence-electron chi connectivity index (χ3n) is 7.09. The lowest BCUT2D eigenvalue weighted by atomic mass is 10.2. The molecule has 1 amide bonds. The van der Waals surface area contributed by atoms with Crippen molar-refractivity contribution in [3.05, 3.63) is 70.9 Å². The van der Waals surface area contributed by atoms with E-state index in [1.165, 1.54) is 10.7 Å². The van der Waals surface area contributed by atoms with Gasteiger partial charge in [0.05, 0.1) is 17.4 Å². The Morgan fingerprint density at radius 2 is 1.78 bits per heavy atom. The molecule has 0 bridgehead atoms. The summed E-state index contributed by atoms with van der Waals surface area (Å²) in [6, 6.07) is 14.1. The molecule has 1 saturated heterocycles. The van der Waals surface area contributed by atoms with Crippen LogP contribution >= 0.6 is 0 Å². The normalized spacial score (nSPS) is 15.5. The van der Waals surface area contributed by atoms with Crippen LogP contribution in [0.15, 0.2) is 59.5 Å². The number of piperazine rings is 1. The van der Waals surface area contributed by atoms with Gasteiger partial charge in [-0.15, -0.1) is 0 Å². The van der Waals surface area contributed by atoms with Crippen molar-refractivity contribution in [2.75, 3.05) is 44.2 Å². The molecule has 0 saturated carbocycles. The van der Waals surface area contributed by atoms with Crippen molar-refractivity contribution < 1.29 is 9.18 Å². The summed E-state index contributed by atoms with van der Waals surface area (Å²) in [7, 11) is 1.62. The van der Waals surface area contributed by atoms with Crippen molar-refractivity contribution in [1.29, 1.82) is 0 Å². The number of aromatic nitrogens is 3. The van der Waals surface area contributed by atoms with Crippen LogP contribution < -0.4 is 15.8 Å². The number of carbonyl (C=O) groups is 1. The van der Waals surface area contributed by atoms with Crippen LogP contribution in [0.25, 0.3) is 21.8 Å². The van der Waals surface area contributed by atoms with E-state index in [2.05, 4.69) is 20.2 Å². The third kappa shape index (κ3) is 4.46. The molecule has 0 spiro atoms. The highest BCUT2D eigenvalue weighted by Gasteiger charge is 2.23. The third-order valence-corrected chi connectivity index (χ3v) is 7.09. The SMILES string of the molecule is CC(C(=O)NCCCN1CCN(c2ccccc2F)CC1)n1c2ccccc2c2cnn(C)c(=O)c21. The summed E-state index contributed by atoms with van der Waals surface area (Å²) in [5.74, 6) is -0.305. The Kier molecular flexibility index (Phi) is 6.73. The van der Waals surface area contributed by atoms with Gasteiger partial charge in [0.1, 0.15) is 17.4 Å². The lowest BCUT2D eigenvalue weighted by Gasteiger charge is -2.36. The summed E-state index contributed by atoms with van der Waals surface area (Å²) < 4.78 is 17.2. The molecule has 1 N–H and O–H groups in total. The summed E-state index contributed by atoms with van der Waals surface area (Å²) in [6.45, 7) is 6.51. The van der Waals surface area contributed by atoms with Crippen molar-refractivity contribution in [2.45, 2.75) is 19.4 Å². The molecule has 0 aliphatic carbocycles. The maximum Gasteiger partial charge on any atom is 0.291 e. The zero-order valence-electron chi connectivity index (χ0n) is 20.7. The summed E-state index contributed by atoms with van der Waals surface area (Å²) in [5, 5.41) is 8.88. The molecule has 188 valence electrons. The number of hydrogen-bond donors (Lipinski definition) is 1. The molecule has 2 aromatic heterocycles. The summed E-state index contributed by atoms with van der Waals surface area (Å²) in [4.78, 5) is 30.5. The Labute approximate surface area is 208 Å². The number of halogens is 1. The fraction of sp³-hybridized carbons (Fsp3) is 0.370. The van der Waals surface area contributed by atoms with Gasteiger partial charge in [0.2, 0.25) is 5.91 Å². The van der Waals surface area contributed by atoms with E-state index < -0.39 is 6.04 Å². The number of amides is 1. The van der Waals surface area contributed by atoms with Gasteiger partial charge in [0, 0.05) is 50.5 Å². The highest BCUT2D eigenvalue weighted by molar-refractivity contribution is 6.08. The Balaban J connectivity index is 1.19. The van der Waals surface area contributed by atoms with E-state index in [1.54, 1.807) is 19.3 Å². The van der Waals surface area contributed by atoms with Crippen LogP contribution in [0.2, 0.25) is 0 Å². The molecule has 2 aromatic carbocycles. The average Bonchev–Trinajstić information content (AvgIpc) is 3.24. The van der Waals surface area contributed by atoms with Gasteiger partial charge in [-0.05, 0) is 38.1 Å². The van der Waals surface area contributed by atoms with Crippen LogP contribution in [-0.2, 0) is 11.8 Å². The van der Waals surface area contributed by atoms with E-state index in [-0.39, 0.29) is 17.3 Å². The van der Waals surface area contributed by atoms with Gasteiger partial charge in [-0.25, -0.2) is 9.07 Å². The molecular formula is C27H31FN6O2. The number of aryl methyl sites for hydroxylation is 1. The van der Waals surface area contributed by atoms with Gasteiger partial charge in [-0.3, -0.25) is 14.5 Å². The van der Waals surface area contributed by atoms with E-state index in [4.69, 9.17) is 0 Å². The van der Waals surface area contributed by atoms with Crippen LogP contribution in [-0.4, -0.2) is 64.4 Å². The fourth-order valence-corrected chi connectivity index (χ4v) is 5.09. The lowest BCUT2D eigenvalue weighted by Crippen LogP contribution is -2.47. The summed E-state index contributed by atoms with van der Waals surface area (Å²) >= 11 is 0. The predicted molar refractivity (Wildman–Crippen MR) is 140 cm³/mol. The minimum Gasteiger partial charge on any atom is -0.367 e. The summed E-state index contributed by atoms with van der Waals surface area (Å²) in [6.07, 6.45) is 2.50. The number of carbonyl (C=O) groups excluding carboxylic acids is 1. The smallest absolute Gasteiger partial charge is 0.291 e. The first-order valence-electron chi connectivity index (χ1n) is 12.4. The van der Waals surface area contributed by atoms with Gasteiger partial charge >= 0.3 is 0 Å².